The molecule has 156 valence electrons. The van der Waals surface area contributed by atoms with E-state index in [1.165, 1.54) is 32.2 Å². The number of nitro groups is 1. The van der Waals surface area contributed by atoms with Gasteiger partial charge in [-0.25, -0.2) is 0 Å². The molecule has 28 heavy (non-hydrogen) atoms. The Morgan fingerprint density at radius 1 is 1.18 bits per heavy atom. The van der Waals surface area contributed by atoms with Crippen LogP contribution in [0.25, 0.3) is 5.57 Å². The zero-order valence-electron chi connectivity index (χ0n) is 16.6. The highest BCUT2D eigenvalue weighted by atomic mass is 31.2. The number of hydrogen-bond donors (Lipinski definition) is 0. The first-order valence-electron chi connectivity index (χ1n) is 9.19. The summed E-state index contributed by atoms with van der Waals surface area (Å²) in [7, 11) is -2.26. The summed E-state index contributed by atoms with van der Waals surface area (Å²) >= 11 is 0. The van der Waals surface area contributed by atoms with Crippen LogP contribution in [0.4, 0.5) is 5.69 Å². The predicted octanol–water partition coefficient (Wildman–Crippen LogP) is 4.98. The number of nitro benzene ring substituents is 1. The van der Waals surface area contributed by atoms with Crippen molar-refractivity contribution in [3.8, 4) is 0 Å². The summed E-state index contributed by atoms with van der Waals surface area (Å²) in [6.07, 6.45) is 3.75. The number of ether oxygens (including phenoxy) is 1. The van der Waals surface area contributed by atoms with Gasteiger partial charge in [-0.2, -0.15) is 0 Å². The van der Waals surface area contributed by atoms with Crippen LogP contribution in [0.3, 0.4) is 0 Å². The highest BCUT2D eigenvalue weighted by Crippen LogP contribution is 2.52. The van der Waals surface area contributed by atoms with Crippen molar-refractivity contribution >= 4 is 24.6 Å². The lowest BCUT2D eigenvalue weighted by atomic mass is 10.0. The summed E-state index contributed by atoms with van der Waals surface area (Å²) in [5, 5.41) is 11.0. The maximum Gasteiger partial charge on any atom is 0.355 e. The largest absolute Gasteiger partial charge is 0.382 e. The van der Waals surface area contributed by atoms with Crippen LogP contribution < -0.4 is 0 Å². The van der Waals surface area contributed by atoms with Gasteiger partial charge in [0.15, 0.2) is 5.78 Å². The van der Waals surface area contributed by atoms with Gasteiger partial charge in [0, 0.05) is 30.6 Å². The molecule has 0 radical (unpaired) electrons. The van der Waals surface area contributed by atoms with Gasteiger partial charge in [-0.15, -0.1) is 0 Å². The molecule has 9 heteroatoms. The minimum atomic E-state index is -3.74. The van der Waals surface area contributed by atoms with Crippen LogP contribution in [0.1, 0.15) is 45.1 Å². The number of non-ortho nitro benzene ring substituents is 1. The third kappa shape index (κ3) is 8.44. The molecular weight excluding hydrogens is 385 g/mol. The number of nitrogens with zero attached hydrogens (tertiary/aromatic N) is 1. The molecule has 0 spiro atoms. The van der Waals surface area contributed by atoms with Crippen LogP contribution >= 0.6 is 7.60 Å². The van der Waals surface area contributed by atoms with Crippen molar-refractivity contribution < 1.29 is 28.1 Å². The summed E-state index contributed by atoms with van der Waals surface area (Å²) in [6.45, 7) is 3.84. The van der Waals surface area contributed by atoms with Crippen LogP contribution in [0.2, 0.25) is 0 Å². The SMILES string of the molecule is CCCCCCOP(=O)(C=C(C(C)=O)c1cccc([N+](=O)[O-])c1)OCCOC. The molecule has 8 nitrogen and oxygen atoms in total. The molecule has 0 saturated carbocycles. The Bertz CT molecular complexity index is 733. The Hall–Kier alpha value is -1.86. The lowest BCUT2D eigenvalue weighted by molar-refractivity contribution is -0.384. The molecule has 1 atom stereocenters. The minimum absolute atomic E-state index is 0.0271. The monoisotopic (exact) mass is 413 g/mol. The van der Waals surface area contributed by atoms with E-state index >= 15 is 0 Å². The van der Waals surface area contributed by atoms with Crippen molar-refractivity contribution in [3.63, 3.8) is 0 Å². The molecular formula is C19H28NO7P. The van der Waals surface area contributed by atoms with Gasteiger partial charge < -0.3 is 13.8 Å². The fraction of sp³-hybridized carbons (Fsp3) is 0.526. The van der Waals surface area contributed by atoms with Crippen LogP contribution in [-0.2, 0) is 23.1 Å². The first-order valence-corrected chi connectivity index (χ1v) is 10.8. The third-order valence-electron chi connectivity index (χ3n) is 3.86. The molecule has 1 rings (SSSR count). The topological polar surface area (TPSA) is 105 Å². The first kappa shape index (κ1) is 24.2. The van der Waals surface area contributed by atoms with Crippen LogP contribution in [-0.4, -0.2) is 37.6 Å². The van der Waals surface area contributed by atoms with Crippen molar-refractivity contribution in [2.75, 3.05) is 26.9 Å². The molecule has 0 fully saturated rings. The number of unbranched alkanes of at least 4 members (excludes halogenated alkanes) is 3. The van der Waals surface area contributed by atoms with Gasteiger partial charge in [0.05, 0.1) is 24.7 Å². The van der Waals surface area contributed by atoms with Crippen molar-refractivity contribution in [1.82, 2.24) is 0 Å². The molecule has 0 aliphatic heterocycles. The third-order valence-corrected chi connectivity index (χ3v) is 5.52. The van der Waals surface area contributed by atoms with E-state index in [0.717, 1.165) is 25.1 Å². The molecule has 1 aromatic rings. The van der Waals surface area contributed by atoms with E-state index < -0.39 is 18.3 Å². The second kappa shape index (κ2) is 12.6. The van der Waals surface area contributed by atoms with Gasteiger partial charge in [-0.05, 0) is 18.9 Å². The van der Waals surface area contributed by atoms with Crippen molar-refractivity contribution in [2.45, 2.75) is 39.5 Å². The number of benzene rings is 1. The zero-order chi connectivity index (χ0) is 21.0. The molecule has 0 saturated heterocycles. The van der Waals surface area contributed by atoms with E-state index in [1.807, 2.05) is 0 Å². The van der Waals surface area contributed by atoms with E-state index in [1.54, 1.807) is 6.07 Å². The maximum absolute atomic E-state index is 13.2. The highest BCUT2D eigenvalue weighted by Gasteiger charge is 2.25. The molecule has 0 aliphatic carbocycles. The van der Waals surface area contributed by atoms with Crippen molar-refractivity contribution in [3.05, 3.63) is 45.8 Å². The van der Waals surface area contributed by atoms with Gasteiger partial charge in [0.1, 0.15) is 0 Å². The number of ketones is 1. The number of allylic oxidation sites excluding steroid dienone is 1. The summed E-state index contributed by atoms with van der Waals surface area (Å²) in [5.74, 6) is 0.759. The average molecular weight is 413 g/mol. The average Bonchev–Trinajstić information content (AvgIpc) is 2.66. The Morgan fingerprint density at radius 3 is 2.50 bits per heavy atom. The molecule has 0 amide bonds. The number of Topliss-reactive ketones (excluding diaryl/α,β-unsaturated/α-hetero) is 1. The second-order valence-corrected chi connectivity index (χ2v) is 8.02. The first-order chi connectivity index (χ1) is 13.3. The predicted molar refractivity (Wildman–Crippen MR) is 107 cm³/mol. The minimum Gasteiger partial charge on any atom is -0.382 e. The zero-order valence-corrected chi connectivity index (χ0v) is 17.5. The lowest BCUT2D eigenvalue weighted by Gasteiger charge is -2.17. The fourth-order valence-corrected chi connectivity index (χ4v) is 3.98. The number of hydrogen-bond acceptors (Lipinski definition) is 7. The van der Waals surface area contributed by atoms with Gasteiger partial charge in [-0.1, -0.05) is 38.3 Å². The number of rotatable bonds is 14. The van der Waals surface area contributed by atoms with Gasteiger partial charge >= 0.3 is 7.60 Å². The Morgan fingerprint density at radius 2 is 1.89 bits per heavy atom. The molecule has 0 aromatic heterocycles. The van der Waals surface area contributed by atoms with Gasteiger partial charge in [-0.3, -0.25) is 19.5 Å². The lowest BCUT2D eigenvalue weighted by Crippen LogP contribution is -2.04. The Balaban J connectivity index is 3.13. The standard InChI is InChI=1S/C19H28NO7P/c1-4-5-6-7-11-26-28(24,27-13-12-25-3)15-19(16(2)21)17-9-8-10-18(14-17)20(22)23/h8-10,14-15H,4-7,11-13H2,1-3H3. The van der Waals surface area contributed by atoms with Crippen molar-refractivity contribution in [1.29, 1.82) is 0 Å². The summed E-state index contributed by atoms with van der Waals surface area (Å²) in [6, 6.07) is 5.58. The van der Waals surface area contributed by atoms with Crippen LogP contribution in [0, 0.1) is 10.1 Å². The number of carbonyl (C=O) groups is 1. The molecule has 1 aromatic carbocycles. The summed E-state index contributed by atoms with van der Waals surface area (Å²) in [4.78, 5) is 22.6. The van der Waals surface area contributed by atoms with E-state index in [4.69, 9.17) is 13.8 Å². The van der Waals surface area contributed by atoms with E-state index in [0.29, 0.717) is 6.42 Å². The molecule has 0 heterocycles. The summed E-state index contributed by atoms with van der Waals surface area (Å²) < 4.78 is 29.0. The second-order valence-electron chi connectivity index (χ2n) is 6.17. The van der Waals surface area contributed by atoms with E-state index in [-0.39, 0.29) is 36.6 Å². The summed E-state index contributed by atoms with van der Waals surface area (Å²) in [5.41, 5.74) is 0.171. The number of methoxy groups -OCH3 is 1. The maximum atomic E-state index is 13.2. The molecule has 0 aliphatic rings. The van der Waals surface area contributed by atoms with Gasteiger partial charge in [0.25, 0.3) is 5.69 Å². The molecule has 0 bridgehead atoms. The van der Waals surface area contributed by atoms with E-state index in [2.05, 4.69) is 6.92 Å². The Labute approximate surface area is 165 Å². The highest BCUT2D eigenvalue weighted by molar-refractivity contribution is 7.57. The quantitative estimate of drug-likeness (QED) is 0.139. The van der Waals surface area contributed by atoms with E-state index in [9.17, 15) is 19.5 Å². The van der Waals surface area contributed by atoms with Crippen LogP contribution in [0.5, 0.6) is 0 Å². The Kier molecular flexibility index (Phi) is 10.9. The fourth-order valence-electron chi connectivity index (χ4n) is 2.39. The smallest absolute Gasteiger partial charge is 0.355 e. The number of carbonyl (C=O) groups excluding carboxylic acids is 1. The van der Waals surface area contributed by atoms with Crippen molar-refractivity contribution in [2.24, 2.45) is 0 Å². The van der Waals surface area contributed by atoms with Gasteiger partial charge in [0.2, 0.25) is 0 Å². The molecule has 1 unspecified atom stereocenters. The van der Waals surface area contributed by atoms with Crippen LogP contribution in [0.15, 0.2) is 30.1 Å². The normalized spacial score (nSPS) is 13.9. The molecule has 0 N–H and O–H groups in total.